The van der Waals surface area contributed by atoms with E-state index in [9.17, 15) is 0 Å². The molecule has 0 N–H and O–H groups in total. The lowest BCUT2D eigenvalue weighted by atomic mass is 10.2. The van der Waals surface area contributed by atoms with Gasteiger partial charge in [-0.15, -0.1) is 10.2 Å². The van der Waals surface area contributed by atoms with Gasteiger partial charge in [-0.2, -0.15) is 4.37 Å². The number of aromatic nitrogens is 4. The van der Waals surface area contributed by atoms with Crippen LogP contribution in [0.5, 0.6) is 0 Å². The Kier molecular flexibility index (Phi) is 3.25. The minimum atomic E-state index is 0.663. The molecule has 0 atom stereocenters. The van der Waals surface area contributed by atoms with Crippen LogP contribution in [0.15, 0.2) is 39.0 Å². The van der Waals surface area contributed by atoms with Gasteiger partial charge in [-0.3, -0.25) is 0 Å². The van der Waals surface area contributed by atoms with Gasteiger partial charge in [0.15, 0.2) is 14.5 Å². The predicted molar refractivity (Wildman–Crippen MR) is 81.4 cm³/mol. The first-order valence-electron chi connectivity index (χ1n) is 6.29. The molecule has 3 aromatic rings. The van der Waals surface area contributed by atoms with Gasteiger partial charge in [-0.1, -0.05) is 41.7 Å². The third-order valence-electron chi connectivity index (χ3n) is 2.96. The normalized spacial score (nSPS) is 14.6. The van der Waals surface area contributed by atoms with Gasteiger partial charge in [0.1, 0.15) is 5.01 Å². The lowest BCUT2D eigenvalue weighted by Crippen LogP contribution is -1.79. The molecule has 1 aliphatic rings. The van der Waals surface area contributed by atoms with E-state index in [4.69, 9.17) is 0 Å². The van der Waals surface area contributed by atoms with E-state index in [1.165, 1.54) is 29.4 Å². The Morgan fingerprint density at radius 2 is 1.90 bits per heavy atom. The van der Waals surface area contributed by atoms with E-state index < -0.39 is 0 Å². The number of nitrogens with zero attached hydrogens (tertiary/aromatic N) is 4. The van der Waals surface area contributed by atoms with Crippen molar-refractivity contribution in [3.8, 4) is 11.4 Å². The van der Waals surface area contributed by atoms with Crippen molar-refractivity contribution in [1.29, 1.82) is 0 Å². The molecule has 0 unspecified atom stereocenters. The maximum atomic E-state index is 4.55. The van der Waals surface area contributed by atoms with E-state index in [2.05, 4.69) is 19.6 Å². The van der Waals surface area contributed by atoms with Crippen molar-refractivity contribution in [2.24, 2.45) is 0 Å². The van der Waals surface area contributed by atoms with E-state index in [0.29, 0.717) is 5.92 Å². The van der Waals surface area contributed by atoms with Crippen molar-refractivity contribution in [1.82, 2.24) is 19.6 Å². The fourth-order valence-corrected chi connectivity index (χ4v) is 4.65. The largest absolute Gasteiger partial charge is 0.208 e. The van der Waals surface area contributed by atoms with Crippen molar-refractivity contribution in [2.45, 2.75) is 27.4 Å². The van der Waals surface area contributed by atoms with Crippen LogP contribution in [0.1, 0.15) is 23.8 Å². The third-order valence-corrected chi connectivity index (χ3v) is 5.85. The zero-order chi connectivity index (χ0) is 13.4. The summed E-state index contributed by atoms with van der Waals surface area (Å²) in [6.07, 6.45) is 2.52. The molecule has 1 fully saturated rings. The monoisotopic (exact) mass is 318 g/mol. The molecule has 0 spiro atoms. The molecule has 0 radical (unpaired) electrons. The summed E-state index contributed by atoms with van der Waals surface area (Å²) in [5.74, 6) is 1.45. The lowest BCUT2D eigenvalue weighted by Gasteiger charge is -1.92. The van der Waals surface area contributed by atoms with Crippen molar-refractivity contribution in [3.05, 3.63) is 35.3 Å². The van der Waals surface area contributed by atoms with Gasteiger partial charge in [0.25, 0.3) is 0 Å². The average Bonchev–Trinajstić information content (AvgIpc) is 3.06. The number of hydrogen-bond donors (Lipinski definition) is 0. The van der Waals surface area contributed by atoms with Gasteiger partial charge in [0.05, 0.1) is 0 Å². The van der Waals surface area contributed by atoms with Crippen LogP contribution in [-0.2, 0) is 0 Å². The topological polar surface area (TPSA) is 51.6 Å². The molecule has 2 heterocycles. The Labute approximate surface area is 128 Å². The highest BCUT2D eigenvalue weighted by Crippen LogP contribution is 2.43. The molecule has 0 aliphatic heterocycles. The van der Waals surface area contributed by atoms with Crippen LogP contribution in [0.25, 0.3) is 11.4 Å². The van der Waals surface area contributed by atoms with Crippen molar-refractivity contribution >= 4 is 34.6 Å². The second-order valence-electron chi connectivity index (χ2n) is 4.53. The summed E-state index contributed by atoms with van der Waals surface area (Å²) >= 11 is 4.66. The molecule has 1 aromatic carbocycles. The Morgan fingerprint density at radius 3 is 2.70 bits per heavy atom. The highest BCUT2D eigenvalue weighted by molar-refractivity contribution is 8.02. The molecular weight excluding hydrogens is 308 g/mol. The first-order valence-corrected chi connectivity index (χ1v) is 8.69. The zero-order valence-electron chi connectivity index (χ0n) is 10.4. The molecule has 4 nitrogen and oxygen atoms in total. The zero-order valence-corrected chi connectivity index (χ0v) is 12.8. The van der Waals surface area contributed by atoms with Gasteiger partial charge in [-0.25, -0.2) is 4.98 Å². The van der Waals surface area contributed by atoms with Gasteiger partial charge in [0, 0.05) is 11.5 Å². The highest BCUT2D eigenvalue weighted by atomic mass is 32.2. The van der Waals surface area contributed by atoms with Crippen LogP contribution in [0, 0.1) is 0 Å². The van der Waals surface area contributed by atoms with Crippen LogP contribution < -0.4 is 0 Å². The summed E-state index contributed by atoms with van der Waals surface area (Å²) in [6.45, 7) is 0. The highest BCUT2D eigenvalue weighted by Gasteiger charge is 2.27. The Balaban J connectivity index is 1.52. The second kappa shape index (κ2) is 5.23. The fourth-order valence-electron chi connectivity index (χ4n) is 1.79. The van der Waals surface area contributed by atoms with Gasteiger partial charge < -0.3 is 0 Å². The molecule has 1 saturated carbocycles. The first kappa shape index (κ1) is 12.4. The van der Waals surface area contributed by atoms with Crippen LogP contribution in [-0.4, -0.2) is 19.6 Å². The van der Waals surface area contributed by atoms with E-state index in [1.54, 1.807) is 23.1 Å². The molecule has 4 rings (SSSR count). The molecule has 0 bridgehead atoms. The van der Waals surface area contributed by atoms with Gasteiger partial charge in [0.2, 0.25) is 0 Å². The maximum Gasteiger partial charge on any atom is 0.181 e. The quantitative estimate of drug-likeness (QED) is 0.725. The van der Waals surface area contributed by atoms with Gasteiger partial charge in [-0.05, 0) is 36.1 Å². The van der Waals surface area contributed by atoms with Crippen LogP contribution in [0.4, 0.5) is 0 Å². The minimum Gasteiger partial charge on any atom is -0.208 e. The van der Waals surface area contributed by atoms with Crippen LogP contribution in [0.3, 0.4) is 0 Å². The smallest absolute Gasteiger partial charge is 0.181 e. The summed E-state index contributed by atoms with van der Waals surface area (Å²) < 4.78 is 6.28. The van der Waals surface area contributed by atoms with E-state index in [-0.39, 0.29) is 0 Å². The Bertz CT molecular complexity index is 718. The average molecular weight is 318 g/mol. The maximum absolute atomic E-state index is 4.55. The summed E-state index contributed by atoms with van der Waals surface area (Å²) in [7, 11) is 0. The Hall–Kier alpha value is -1.31. The summed E-state index contributed by atoms with van der Waals surface area (Å²) in [6, 6.07) is 10.0. The van der Waals surface area contributed by atoms with Crippen LogP contribution >= 0.6 is 34.6 Å². The Morgan fingerprint density at radius 1 is 1.05 bits per heavy atom. The molecule has 20 heavy (non-hydrogen) atoms. The third kappa shape index (κ3) is 2.61. The summed E-state index contributed by atoms with van der Waals surface area (Å²) in [5, 5.41) is 9.64. The van der Waals surface area contributed by atoms with Crippen LogP contribution in [0.2, 0.25) is 0 Å². The second-order valence-corrected chi connectivity index (χ2v) is 7.79. The SMILES string of the molecule is c1ccc(-c2nsc(Sc3nnc(C4CC4)s3)n2)cc1. The molecule has 1 aliphatic carbocycles. The fraction of sp³-hybridized carbons (Fsp3) is 0.231. The minimum absolute atomic E-state index is 0.663. The van der Waals surface area contributed by atoms with E-state index in [1.807, 2.05) is 30.3 Å². The number of hydrogen-bond acceptors (Lipinski definition) is 7. The lowest BCUT2D eigenvalue weighted by molar-refractivity contribution is 0.937. The molecule has 7 heteroatoms. The summed E-state index contributed by atoms with van der Waals surface area (Å²) in [4.78, 5) is 4.55. The van der Waals surface area contributed by atoms with E-state index in [0.717, 1.165) is 20.1 Å². The molecule has 100 valence electrons. The van der Waals surface area contributed by atoms with Crippen molar-refractivity contribution in [3.63, 3.8) is 0 Å². The first-order chi connectivity index (χ1) is 9.88. The standard InChI is InChI=1S/C13H10N4S3/c1-2-4-8(5-3-1)10-14-12(20-17-10)19-13-16-15-11(18-13)9-6-7-9/h1-5,9H,6-7H2. The number of benzene rings is 1. The summed E-state index contributed by atoms with van der Waals surface area (Å²) in [5.41, 5.74) is 1.05. The number of rotatable bonds is 4. The van der Waals surface area contributed by atoms with Gasteiger partial charge >= 0.3 is 0 Å². The molecular formula is C13H10N4S3. The van der Waals surface area contributed by atoms with E-state index >= 15 is 0 Å². The molecule has 0 saturated heterocycles. The molecule has 2 aromatic heterocycles. The van der Waals surface area contributed by atoms with Crippen molar-refractivity contribution < 1.29 is 0 Å². The van der Waals surface area contributed by atoms with Crippen molar-refractivity contribution in [2.75, 3.05) is 0 Å². The molecule has 0 amide bonds. The predicted octanol–water partition coefficient (Wildman–Crippen LogP) is 4.09.